The molecule has 2 aromatic rings. The average molecular weight is 176 g/mol. The average Bonchev–Trinajstić information content (AvgIpc) is 2.46. The smallest absolute Gasteiger partial charge is 0.315 e. The van der Waals surface area contributed by atoms with Gasteiger partial charge in [-0.1, -0.05) is 6.07 Å². The highest BCUT2D eigenvalue weighted by atomic mass is 16.6. The largest absolute Gasteiger partial charge is 0.457 e. The van der Waals surface area contributed by atoms with E-state index in [2.05, 4.69) is 6.92 Å². The molecule has 1 aromatic carbocycles. The van der Waals surface area contributed by atoms with Gasteiger partial charge < -0.3 is 4.42 Å². The van der Waals surface area contributed by atoms with Crippen LogP contribution in [0.4, 0.5) is 5.69 Å². The first-order valence-electron chi connectivity index (χ1n) is 3.66. The van der Waals surface area contributed by atoms with Gasteiger partial charge >= 0.3 is 5.69 Å². The number of hydrogen-bond acceptors (Lipinski definition) is 3. The van der Waals surface area contributed by atoms with Gasteiger partial charge in [0.25, 0.3) is 0 Å². The molecule has 0 saturated carbocycles. The number of furan rings is 1. The van der Waals surface area contributed by atoms with Crippen LogP contribution in [-0.2, 0) is 0 Å². The van der Waals surface area contributed by atoms with Crippen LogP contribution in [0.1, 0.15) is 5.56 Å². The number of benzene rings is 1. The molecule has 2 rings (SSSR count). The van der Waals surface area contributed by atoms with Gasteiger partial charge in [-0.3, -0.25) is 10.1 Å². The molecule has 1 aromatic heterocycles. The number of hydrogen-bond donors (Lipinski definition) is 0. The van der Waals surface area contributed by atoms with Crippen molar-refractivity contribution in [2.24, 2.45) is 0 Å². The van der Waals surface area contributed by atoms with Crippen LogP contribution in [0.5, 0.6) is 0 Å². The summed E-state index contributed by atoms with van der Waals surface area (Å²) in [6, 6.07) is 5.05. The normalized spacial score (nSPS) is 10.5. The lowest BCUT2D eigenvalue weighted by molar-refractivity contribution is -0.383. The van der Waals surface area contributed by atoms with Gasteiger partial charge in [-0.15, -0.1) is 0 Å². The third-order valence-electron chi connectivity index (χ3n) is 1.81. The van der Waals surface area contributed by atoms with Crippen molar-refractivity contribution in [1.29, 1.82) is 0 Å². The summed E-state index contributed by atoms with van der Waals surface area (Å²) in [7, 11) is 0. The molecular formula is C9H6NO3. The molecule has 13 heavy (non-hydrogen) atoms. The van der Waals surface area contributed by atoms with E-state index in [1.165, 1.54) is 0 Å². The molecule has 0 N–H and O–H groups in total. The van der Waals surface area contributed by atoms with Gasteiger partial charge in [0.1, 0.15) is 5.58 Å². The Bertz CT molecular complexity index is 473. The van der Waals surface area contributed by atoms with Crippen LogP contribution in [-0.4, -0.2) is 4.92 Å². The summed E-state index contributed by atoms with van der Waals surface area (Å²) >= 11 is 0. The lowest BCUT2D eigenvalue weighted by Crippen LogP contribution is -1.84. The molecule has 0 aliphatic carbocycles. The fraction of sp³-hybridized carbons (Fsp3) is 0. The van der Waals surface area contributed by atoms with E-state index in [0.29, 0.717) is 11.0 Å². The quantitative estimate of drug-likeness (QED) is 0.495. The highest BCUT2D eigenvalue weighted by molar-refractivity contribution is 5.87. The van der Waals surface area contributed by atoms with E-state index in [1.54, 1.807) is 18.2 Å². The summed E-state index contributed by atoms with van der Waals surface area (Å²) in [5, 5.41) is 11.0. The summed E-state index contributed by atoms with van der Waals surface area (Å²) < 4.78 is 5.00. The van der Waals surface area contributed by atoms with Crippen LogP contribution in [0.25, 0.3) is 11.0 Å². The highest BCUT2D eigenvalue weighted by Gasteiger charge is 2.15. The number of nitrogens with zero attached hydrogens (tertiary/aromatic N) is 1. The second-order valence-electron chi connectivity index (χ2n) is 2.71. The molecule has 4 nitrogen and oxygen atoms in total. The van der Waals surface area contributed by atoms with Crippen molar-refractivity contribution in [2.45, 2.75) is 0 Å². The molecule has 0 bridgehead atoms. The number of nitro groups is 1. The van der Waals surface area contributed by atoms with Crippen LogP contribution in [0.3, 0.4) is 0 Å². The molecule has 0 fully saturated rings. The molecule has 1 heterocycles. The second kappa shape index (κ2) is 2.58. The minimum Gasteiger partial charge on any atom is -0.457 e. The third-order valence-corrected chi connectivity index (χ3v) is 1.81. The van der Waals surface area contributed by atoms with Crippen molar-refractivity contribution < 1.29 is 9.34 Å². The molecular weight excluding hydrogens is 170 g/mol. The van der Waals surface area contributed by atoms with Gasteiger partial charge in [-0.05, 0) is 24.6 Å². The molecule has 0 amide bonds. The second-order valence-corrected chi connectivity index (χ2v) is 2.71. The van der Waals surface area contributed by atoms with E-state index >= 15 is 0 Å². The third kappa shape index (κ3) is 1.16. The summed E-state index contributed by atoms with van der Waals surface area (Å²) in [5.41, 5.74) is 1.23. The minimum atomic E-state index is -0.467. The Kier molecular flexibility index (Phi) is 1.55. The standard InChI is InChI=1S/C9H6NO3/c1-6-2-3-9-7(4-6)8(5-13-9)10(11)12/h2-5H,1H2. The maximum atomic E-state index is 10.5. The monoisotopic (exact) mass is 176 g/mol. The van der Waals surface area contributed by atoms with Crippen molar-refractivity contribution in [2.75, 3.05) is 0 Å². The van der Waals surface area contributed by atoms with Gasteiger partial charge in [0, 0.05) is 0 Å². The highest BCUT2D eigenvalue weighted by Crippen LogP contribution is 2.27. The summed E-state index contributed by atoms with van der Waals surface area (Å²) in [5.74, 6) is 0. The van der Waals surface area contributed by atoms with Crippen LogP contribution in [0, 0.1) is 17.0 Å². The first-order chi connectivity index (χ1) is 6.18. The van der Waals surface area contributed by atoms with Gasteiger partial charge in [0.2, 0.25) is 0 Å². The SMILES string of the molecule is [CH2]c1ccc2occ([N+](=O)[O-])c2c1. The van der Waals surface area contributed by atoms with E-state index in [1.807, 2.05) is 0 Å². The maximum absolute atomic E-state index is 10.5. The fourth-order valence-corrected chi connectivity index (χ4v) is 1.20. The Balaban J connectivity index is 2.79. The molecule has 0 aliphatic rings. The topological polar surface area (TPSA) is 56.3 Å². The van der Waals surface area contributed by atoms with Crippen molar-refractivity contribution in [1.82, 2.24) is 0 Å². The molecule has 65 valence electrons. The van der Waals surface area contributed by atoms with E-state index < -0.39 is 4.92 Å². The Morgan fingerprint density at radius 3 is 2.92 bits per heavy atom. The van der Waals surface area contributed by atoms with Gasteiger partial charge in [0.05, 0.1) is 10.3 Å². The van der Waals surface area contributed by atoms with Crippen LogP contribution in [0.15, 0.2) is 28.9 Å². The predicted octanol–water partition coefficient (Wildman–Crippen LogP) is 2.52. The molecule has 0 spiro atoms. The summed E-state index contributed by atoms with van der Waals surface area (Å²) in [6.45, 7) is 3.69. The lowest BCUT2D eigenvalue weighted by Gasteiger charge is -1.90. The number of rotatable bonds is 1. The van der Waals surface area contributed by atoms with Crippen molar-refractivity contribution in [3.63, 3.8) is 0 Å². The lowest BCUT2D eigenvalue weighted by atomic mass is 10.2. The van der Waals surface area contributed by atoms with Crippen molar-refractivity contribution in [3.8, 4) is 0 Å². The number of fused-ring (bicyclic) bond motifs is 1. The van der Waals surface area contributed by atoms with Gasteiger partial charge in [0.15, 0.2) is 6.26 Å². The molecule has 0 saturated heterocycles. The van der Waals surface area contributed by atoms with Gasteiger partial charge in [-0.25, -0.2) is 0 Å². The maximum Gasteiger partial charge on any atom is 0.315 e. The minimum absolute atomic E-state index is 0.0134. The fourth-order valence-electron chi connectivity index (χ4n) is 1.20. The zero-order chi connectivity index (χ0) is 9.42. The molecule has 1 radical (unpaired) electrons. The molecule has 0 aliphatic heterocycles. The zero-order valence-corrected chi connectivity index (χ0v) is 6.69. The van der Waals surface area contributed by atoms with E-state index in [4.69, 9.17) is 4.42 Å². The van der Waals surface area contributed by atoms with Crippen LogP contribution in [0.2, 0.25) is 0 Å². The Hall–Kier alpha value is -1.84. The van der Waals surface area contributed by atoms with E-state index in [0.717, 1.165) is 11.8 Å². The van der Waals surface area contributed by atoms with Gasteiger partial charge in [-0.2, -0.15) is 0 Å². The zero-order valence-electron chi connectivity index (χ0n) is 6.69. The van der Waals surface area contributed by atoms with Crippen molar-refractivity contribution in [3.05, 3.63) is 47.1 Å². The summed E-state index contributed by atoms with van der Waals surface area (Å²) in [4.78, 5) is 10.0. The Labute approximate surface area is 73.9 Å². The Morgan fingerprint density at radius 2 is 2.23 bits per heavy atom. The van der Waals surface area contributed by atoms with E-state index in [9.17, 15) is 10.1 Å². The molecule has 0 atom stereocenters. The van der Waals surface area contributed by atoms with Crippen LogP contribution >= 0.6 is 0 Å². The molecule has 4 heteroatoms. The van der Waals surface area contributed by atoms with Crippen LogP contribution < -0.4 is 0 Å². The first kappa shape index (κ1) is 7.79. The van der Waals surface area contributed by atoms with E-state index in [-0.39, 0.29) is 5.69 Å². The van der Waals surface area contributed by atoms with Crippen molar-refractivity contribution >= 4 is 16.7 Å². The molecule has 0 unspecified atom stereocenters. The predicted molar refractivity (Wildman–Crippen MR) is 47.3 cm³/mol. The first-order valence-corrected chi connectivity index (χ1v) is 3.66. The summed E-state index contributed by atoms with van der Waals surface area (Å²) in [6.07, 6.45) is 1.14. The Morgan fingerprint density at radius 1 is 1.46 bits per heavy atom.